The minimum absolute atomic E-state index is 0.0660. The largest absolute Gasteiger partial charge is 0.300 e. The van der Waals surface area contributed by atoms with Gasteiger partial charge in [0.2, 0.25) is 0 Å². The number of amides is 1. The molecule has 4 heteroatoms. The molecule has 1 aliphatic rings. The van der Waals surface area contributed by atoms with Crippen LogP contribution >= 0.6 is 0 Å². The first-order valence-corrected chi connectivity index (χ1v) is 11.0. The van der Waals surface area contributed by atoms with Gasteiger partial charge in [0.15, 0.2) is 0 Å². The van der Waals surface area contributed by atoms with E-state index in [1.165, 1.54) is 5.56 Å². The summed E-state index contributed by atoms with van der Waals surface area (Å²) in [5, 5.41) is 6.45. The molecule has 4 nitrogen and oxygen atoms in total. The summed E-state index contributed by atoms with van der Waals surface area (Å²) >= 11 is 0. The van der Waals surface area contributed by atoms with Gasteiger partial charge in [0.05, 0.1) is 11.8 Å². The zero-order valence-electron chi connectivity index (χ0n) is 18.2. The Hall–Kier alpha value is -3.24. The van der Waals surface area contributed by atoms with Crippen LogP contribution in [0.2, 0.25) is 0 Å². The van der Waals surface area contributed by atoms with Gasteiger partial charge in [-0.2, -0.15) is 5.10 Å². The van der Waals surface area contributed by atoms with E-state index in [0.29, 0.717) is 12.0 Å². The van der Waals surface area contributed by atoms with Gasteiger partial charge in [-0.25, -0.2) is 5.01 Å². The fourth-order valence-electron chi connectivity index (χ4n) is 4.03. The lowest BCUT2D eigenvalue weighted by atomic mass is 9.97. The van der Waals surface area contributed by atoms with E-state index in [1.54, 1.807) is 5.01 Å². The molecule has 0 radical (unpaired) electrons. The summed E-state index contributed by atoms with van der Waals surface area (Å²) < 4.78 is 0. The van der Waals surface area contributed by atoms with E-state index in [9.17, 15) is 4.79 Å². The third kappa shape index (κ3) is 4.75. The van der Waals surface area contributed by atoms with Gasteiger partial charge in [0, 0.05) is 18.5 Å². The first kappa shape index (κ1) is 21.0. The van der Waals surface area contributed by atoms with E-state index >= 15 is 0 Å². The van der Waals surface area contributed by atoms with E-state index in [2.05, 4.69) is 55.1 Å². The van der Waals surface area contributed by atoms with Crippen LogP contribution in [0.4, 0.5) is 0 Å². The van der Waals surface area contributed by atoms with Crippen molar-refractivity contribution in [2.45, 2.75) is 32.9 Å². The van der Waals surface area contributed by atoms with E-state index in [-0.39, 0.29) is 11.9 Å². The minimum Gasteiger partial charge on any atom is -0.300 e. The molecule has 4 rings (SSSR count). The number of rotatable bonds is 7. The third-order valence-electron chi connectivity index (χ3n) is 5.91. The van der Waals surface area contributed by atoms with Crippen molar-refractivity contribution in [3.8, 4) is 0 Å². The molecule has 1 amide bonds. The van der Waals surface area contributed by atoms with Crippen molar-refractivity contribution in [2.24, 2.45) is 5.10 Å². The fraction of sp³-hybridized carbons (Fsp3) is 0.259. The zero-order valence-corrected chi connectivity index (χ0v) is 18.2. The second-order valence-corrected chi connectivity index (χ2v) is 7.85. The lowest BCUT2D eigenvalue weighted by Gasteiger charge is -2.23. The molecular formula is C27H29N3O. The van der Waals surface area contributed by atoms with Gasteiger partial charge in [-0.3, -0.25) is 9.69 Å². The highest BCUT2D eigenvalue weighted by Crippen LogP contribution is 2.34. The molecule has 0 aliphatic carbocycles. The zero-order chi connectivity index (χ0) is 21.6. The lowest BCUT2D eigenvalue weighted by molar-refractivity contribution is 0.0711. The molecule has 3 aromatic carbocycles. The molecule has 0 N–H and O–H groups in total. The monoisotopic (exact) mass is 411 g/mol. The predicted molar refractivity (Wildman–Crippen MR) is 126 cm³/mol. The average Bonchev–Trinajstić information content (AvgIpc) is 3.29. The quantitative estimate of drug-likeness (QED) is 0.513. The van der Waals surface area contributed by atoms with E-state index in [4.69, 9.17) is 5.10 Å². The van der Waals surface area contributed by atoms with Gasteiger partial charge in [-0.1, -0.05) is 86.6 Å². The van der Waals surface area contributed by atoms with Gasteiger partial charge >= 0.3 is 0 Å². The Kier molecular flexibility index (Phi) is 6.58. The topological polar surface area (TPSA) is 35.9 Å². The minimum atomic E-state index is -0.106. The van der Waals surface area contributed by atoms with E-state index < -0.39 is 0 Å². The molecule has 0 saturated heterocycles. The number of hydrogen-bond donors (Lipinski definition) is 0. The SMILES string of the molecule is CCN(CC)Cc1ccc(C2CC(c3ccccc3)=NN2C(=O)c2ccccc2)cc1. The number of carbonyl (C=O) groups excluding carboxylic acids is 1. The van der Waals surface area contributed by atoms with Crippen molar-refractivity contribution < 1.29 is 4.79 Å². The highest BCUT2D eigenvalue weighted by molar-refractivity contribution is 6.05. The Bertz CT molecular complexity index is 1030. The van der Waals surface area contributed by atoms with Crippen LogP contribution in [0.25, 0.3) is 0 Å². The van der Waals surface area contributed by atoms with Crippen molar-refractivity contribution in [1.29, 1.82) is 0 Å². The molecular weight excluding hydrogens is 382 g/mol. The number of hydrogen-bond acceptors (Lipinski definition) is 3. The maximum Gasteiger partial charge on any atom is 0.274 e. The van der Waals surface area contributed by atoms with Gasteiger partial charge < -0.3 is 0 Å². The van der Waals surface area contributed by atoms with E-state index in [0.717, 1.165) is 36.5 Å². The molecule has 1 atom stereocenters. The highest BCUT2D eigenvalue weighted by atomic mass is 16.2. The highest BCUT2D eigenvalue weighted by Gasteiger charge is 2.33. The molecule has 0 saturated carbocycles. The average molecular weight is 412 g/mol. The Morgan fingerprint density at radius 3 is 2.13 bits per heavy atom. The summed E-state index contributed by atoms with van der Waals surface area (Å²) in [7, 11) is 0. The maximum absolute atomic E-state index is 13.3. The van der Waals surface area contributed by atoms with Crippen LogP contribution in [0.15, 0.2) is 90.0 Å². The van der Waals surface area contributed by atoms with Crippen molar-refractivity contribution in [1.82, 2.24) is 9.91 Å². The standard InChI is InChI=1S/C27H29N3O/c1-3-29(4-2)20-21-15-17-23(18-16-21)26-19-25(22-11-7-5-8-12-22)28-30(26)27(31)24-13-9-6-10-14-24/h5-18,26H,3-4,19-20H2,1-2H3. The van der Waals surface area contributed by atoms with Crippen molar-refractivity contribution >= 4 is 11.6 Å². The molecule has 3 aromatic rings. The summed E-state index contributed by atoms with van der Waals surface area (Å²) in [5.74, 6) is -0.0660. The van der Waals surface area contributed by atoms with Gasteiger partial charge in [-0.15, -0.1) is 0 Å². The fourth-order valence-corrected chi connectivity index (χ4v) is 4.03. The Balaban J connectivity index is 1.62. The molecule has 0 fully saturated rings. The molecule has 31 heavy (non-hydrogen) atoms. The number of hydrazone groups is 1. The molecule has 0 spiro atoms. The number of benzene rings is 3. The first-order chi connectivity index (χ1) is 15.2. The molecule has 0 bridgehead atoms. The van der Waals surface area contributed by atoms with Crippen molar-refractivity contribution in [3.63, 3.8) is 0 Å². The summed E-state index contributed by atoms with van der Waals surface area (Å²) in [6.07, 6.45) is 0.706. The molecule has 1 unspecified atom stereocenters. The van der Waals surface area contributed by atoms with E-state index in [1.807, 2.05) is 48.5 Å². The summed E-state index contributed by atoms with van der Waals surface area (Å²) in [6, 6.07) is 28.1. The molecule has 158 valence electrons. The van der Waals surface area contributed by atoms with Crippen LogP contribution in [-0.4, -0.2) is 34.6 Å². The summed E-state index contributed by atoms with van der Waals surface area (Å²) in [5.41, 5.74) is 5.07. The van der Waals surface area contributed by atoms with Crippen LogP contribution in [0.1, 0.15) is 53.4 Å². The van der Waals surface area contributed by atoms with Gasteiger partial charge in [-0.05, 0) is 41.9 Å². The second kappa shape index (κ2) is 9.71. The smallest absolute Gasteiger partial charge is 0.274 e. The summed E-state index contributed by atoms with van der Waals surface area (Å²) in [4.78, 5) is 15.7. The van der Waals surface area contributed by atoms with Crippen LogP contribution in [0.5, 0.6) is 0 Å². The van der Waals surface area contributed by atoms with Gasteiger partial charge in [0.1, 0.15) is 0 Å². The summed E-state index contributed by atoms with van der Waals surface area (Å²) in [6.45, 7) is 7.39. The van der Waals surface area contributed by atoms with Gasteiger partial charge in [0.25, 0.3) is 5.91 Å². The Morgan fingerprint density at radius 1 is 0.903 bits per heavy atom. The molecule has 1 aliphatic heterocycles. The van der Waals surface area contributed by atoms with Crippen LogP contribution < -0.4 is 0 Å². The maximum atomic E-state index is 13.3. The Labute approximate surface area is 184 Å². The van der Waals surface area contributed by atoms with Crippen molar-refractivity contribution in [2.75, 3.05) is 13.1 Å². The molecule has 1 heterocycles. The van der Waals surface area contributed by atoms with Crippen LogP contribution in [-0.2, 0) is 6.54 Å². The third-order valence-corrected chi connectivity index (χ3v) is 5.91. The van der Waals surface area contributed by atoms with Crippen LogP contribution in [0.3, 0.4) is 0 Å². The second-order valence-electron chi connectivity index (χ2n) is 7.85. The number of carbonyl (C=O) groups is 1. The molecule has 0 aromatic heterocycles. The van der Waals surface area contributed by atoms with Crippen molar-refractivity contribution in [3.05, 3.63) is 107 Å². The predicted octanol–water partition coefficient (Wildman–Crippen LogP) is 5.52. The Morgan fingerprint density at radius 2 is 1.52 bits per heavy atom. The van der Waals surface area contributed by atoms with Crippen LogP contribution in [0, 0.1) is 0 Å². The lowest BCUT2D eigenvalue weighted by Crippen LogP contribution is -2.27. The number of nitrogens with zero attached hydrogens (tertiary/aromatic N) is 3. The normalized spacial score (nSPS) is 15.9. The first-order valence-electron chi connectivity index (χ1n) is 11.0.